The van der Waals surface area contributed by atoms with E-state index in [9.17, 15) is 17.8 Å². The molecule has 1 amide bonds. The van der Waals surface area contributed by atoms with Crippen LogP contribution in [-0.4, -0.2) is 31.2 Å². The molecule has 0 atom stereocenters. The van der Waals surface area contributed by atoms with Gasteiger partial charge in [0.2, 0.25) is 5.91 Å². The van der Waals surface area contributed by atoms with E-state index in [0.29, 0.717) is 18.7 Å². The van der Waals surface area contributed by atoms with Gasteiger partial charge in [0, 0.05) is 12.2 Å². The second kappa shape index (κ2) is 5.49. The average Bonchev–Trinajstić information content (AvgIpc) is 2.58. The summed E-state index contributed by atoms with van der Waals surface area (Å²) in [6, 6.07) is 7.26. The summed E-state index contributed by atoms with van der Waals surface area (Å²) in [5.74, 6) is -1.62. The number of fused-ring (bicyclic) bond motifs is 1. The van der Waals surface area contributed by atoms with Gasteiger partial charge in [-0.25, -0.2) is 8.42 Å². The number of carbonyl (C=O) groups is 1. The van der Waals surface area contributed by atoms with Gasteiger partial charge in [-0.15, -0.1) is 0 Å². The van der Waals surface area contributed by atoms with Crippen LogP contribution in [0.2, 0.25) is 0 Å². The van der Waals surface area contributed by atoms with Crippen molar-refractivity contribution in [2.24, 2.45) is 0 Å². The summed E-state index contributed by atoms with van der Waals surface area (Å²) < 4.78 is 31.5. The van der Waals surface area contributed by atoms with Crippen LogP contribution in [0.5, 0.6) is 0 Å². The Bertz CT molecular complexity index is 529. The van der Waals surface area contributed by atoms with E-state index in [0.717, 1.165) is 5.56 Å². The number of benzene rings is 1. The van der Waals surface area contributed by atoms with E-state index in [2.05, 4.69) is 0 Å². The van der Waals surface area contributed by atoms with Gasteiger partial charge in [0.25, 0.3) is 0 Å². The summed E-state index contributed by atoms with van der Waals surface area (Å²) in [6.45, 7) is 0.438. The van der Waals surface area contributed by atoms with Crippen molar-refractivity contribution >= 4 is 21.7 Å². The van der Waals surface area contributed by atoms with Crippen molar-refractivity contribution < 1.29 is 47.3 Å². The van der Waals surface area contributed by atoms with Crippen LogP contribution in [0.25, 0.3) is 0 Å². The summed E-state index contributed by atoms with van der Waals surface area (Å²) in [4.78, 5) is 12.9. The fourth-order valence-electron chi connectivity index (χ4n) is 1.83. The molecular formula is C10H10NNaO4S. The largest absolute Gasteiger partial charge is 1.00 e. The minimum atomic E-state index is -4.50. The first-order chi connectivity index (χ1) is 7.47. The van der Waals surface area contributed by atoms with E-state index >= 15 is 0 Å². The number of hydrogen-bond acceptors (Lipinski definition) is 4. The number of para-hydroxylation sites is 1. The molecule has 0 fully saturated rings. The molecule has 2 rings (SSSR count). The normalized spacial score (nSPS) is 14.1. The predicted octanol–water partition coefficient (Wildman–Crippen LogP) is -2.88. The Hall–Kier alpha value is -0.400. The fraction of sp³-hybridized carbons (Fsp3) is 0.300. The first kappa shape index (κ1) is 14.7. The van der Waals surface area contributed by atoms with Crippen LogP contribution in [-0.2, 0) is 21.3 Å². The zero-order chi connectivity index (χ0) is 11.8. The van der Waals surface area contributed by atoms with Crippen molar-refractivity contribution in [1.29, 1.82) is 0 Å². The van der Waals surface area contributed by atoms with E-state index in [-0.39, 0.29) is 29.6 Å². The van der Waals surface area contributed by atoms with E-state index in [1.807, 2.05) is 12.1 Å². The first-order valence-electron chi connectivity index (χ1n) is 4.79. The third-order valence-electron chi connectivity index (χ3n) is 2.49. The molecule has 0 aliphatic carbocycles. The Kier molecular flexibility index (Phi) is 4.74. The van der Waals surface area contributed by atoms with Crippen LogP contribution in [0, 0.1) is 0 Å². The fourth-order valence-corrected chi connectivity index (χ4v) is 2.28. The minimum Gasteiger partial charge on any atom is -0.748 e. The van der Waals surface area contributed by atoms with Crippen molar-refractivity contribution in [2.75, 3.05) is 17.2 Å². The van der Waals surface area contributed by atoms with Gasteiger partial charge in [0.15, 0.2) is 0 Å². The number of amides is 1. The average molecular weight is 263 g/mol. The molecule has 0 saturated carbocycles. The maximum atomic E-state index is 11.6. The van der Waals surface area contributed by atoms with E-state index in [1.165, 1.54) is 4.90 Å². The van der Waals surface area contributed by atoms with Gasteiger partial charge >= 0.3 is 29.6 Å². The van der Waals surface area contributed by atoms with Gasteiger partial charge in [-0.1, -0.05) is 18.2 Å². The smallest absolute Gasteiger partial charge is 0.748 e. The molecule has 0 unspecified atom stereocenters. The molecule has 86 valence electrons. The van der Waals surface area contributed by atoms with Gasteiger partial charge in [0.05, 0.1) is 0 Å². The zero-order valence-electron chi connectivity index (χ0n) is 9.42. The number of anilines is 1. The molecule has 5 nitrogen and oxygen atoms in total. The van der Waals surface area contributed by atoms with Gasteiger partial charge in [-0.2, -0.15) is 0 Å². The predicted molar refractivity (Wildman–Crippen MR) is 57.1 cm³/mol. The Balaban J connectivity index is 0.00000144. The first-order valence-corrected chi connectivity index (χ1v) is 6.37. The Morgan fingerprint density at radius 1 is 1.35 bits per heavy atom. The Labute approximate surface area is 122 Å². The second-order valence-corrected chi connectivity index (χ2v) is 5.03. The molecular weight excluding hydrogens is 253 g/mol. The van der Waals surface area contributed by atoms with Crippen LogP contribution in [0.1, 0.15) is 5.56 Å². The monoisotopic (exact) mass is 263 g/mol. The number of carbonyl (C=O) groups excluding carboxylic acids is 1. The SMILES string of the molecule is O=C(CS(=O)(=O)[O-])N1CCc2ccccc21.[Na+]. The maximum absolute atomic E-state index is 11.6. The Morgan fingerprint density at radius 3 is 2.65 bits per heavy atom. The van der Waals surface area contributed by atoms with Crippen LogP contribution >= 0.6 is 0 Å². The maximum Gasteiger partial charge on any atom is 1.00 e. The molecule has 17 heavy (non-hydrogen) atoms. The summed E-state index contributed by atoms with van der Waals surface area (Å²) in [5, 5.41) is 0. The van der Waals surface area contributed by atoms with Crippen molar-refractivity contribution in [3.63, 3.8) is 0 Å². The molecule has 1 aliphatic rings. The topological polar surface area (TPSA) is 77.5 Å². The van der Waals surface area contributed by atoms with Crippen molar-refractivity contribution in [3.05, 3.63) is 29.8 Å². The van der Waals surface area contributed by atoms with Gasteiger partial charge in [-0.3, -0.25) is 4.79 Å². The number of rotatable bonds is 2. The number of nitrogens with zero attached hydrogens (tertiary/aromatic N) is 1. The third-order valence-corrected chi connectivity index (χ3v) is 3.09. The third kappa shape index (κ3) is 3.53. The molecule has 0 bridgehead atoms. The summed E-state index contributed by atoms with van der Waals surface area (Å²) in [5.41, 5.74) is 1.70. The minimum absolute atomic E-state index is 0. The Morgan fingerprint density at radius 2 is 2.00 bits per heavy atom. The summed E-state index contributed by atoms with van der Waals surface area (Å²) in [6.07, 6.45) is 0.695. The molecule has 1 heterocycles. The zero-order valence-corrected chi connectivity index (χ0v) is 12.2. The van der Waals surface area contributed by atoms with Gasteiger partial charge in [0.1, 0.15) is 15.9 Å². The molecule has 0 spiro atoms. The van der Waals surface area contributed by atoms with Gasteiger partial charge in [-0.05, 0) is 18.1 Å². The van der Waals surface area contributed by atoms with E-state index in [1.54, 1.807) is 12.1 Å². The molecule has 7 heteroatoms. The molecule has 1 aliphatic heterocycles. The van der Waals surface area contributed by atoms with Crippen LogP contribution in [0.3, 0.4) is 0 Å². The van der Waals surface area contributed by atoms with E-state index in [4.69, 9.17) is 0 Å². The molecule has 1 aromatic rings. The second-order valence-electron chi connectivity index (χ2n) is 3.63. The van der Waals surface area contributed by atoms with Crippen molar-refractivity contribution in [2.45, 2.75) is 6.42 Å². The van der Waals surface area contributed by atoms with Crippen LogP contribution < -0.4 is 34.5 Å². The molecule has 1 aromatic carbocycles. The molecule has 0 aromatic heterocycles. The van der Waals surface area contributed by atoms with Gasteiger partial charge < -0.3 is 9.45 Å². The number of hydrogen-bond donors (Lipinski definition) is 0. The van der Waals surface area contributed by atoms with E-state index < -0.39 is 21.8 Å². The summed E-state index contributed by atoms with van der Waals surface area (Å²) in [7, 11) is -4.50. The van der Waals surface area contributed by atoms with Crippen LogP contribution in [0.4, 0.5) is 5.69 Å². The molecule has 0 saturated heterocycles. The van der Waals surface area contributed by atoms with Crippen LogP contribution in [0.15, 0.2) is 24.3 Å². The quantitative estimate of drug-likeness (QED) is 0.424. The molecule has 0 N–H and O–H groups in total. The standard InChI is InChI=1S/C10H11NO4S.Na/c12-10(7-16(13,14)15)11-6-5-8-3-1-2-4-9(8)11;/h1-4H,5-7H2,(H,13,14,15);/q;+1/p-1. The van der Waals surface area contributed by atoms with Crippen molar-refractivity contribution in [3.8, 4) is 0 Å². The van der Waals surface area contributed by atoms with Crippen molar-refractivity contribution in [1.82, 2.24) is 0 Å². The summed E-state index contributed by atoms with van der Waals surface area (Å²) >= 11 is 0. The molecule has 0 radical (unpaired) electrons.